The highest BCUT2D eigenvalue weighted by Gasteiger charge is 2.48. The molecule has 5 heteroatoms. The quantitative estimate of drug-likeness (QED) is 0.846. The van der Waals surface area contributed by atoms with E-state index in [1.54, 1.807) is 6.26 Å². The van der Waals surface area contributed by atoms with E-state index in [0.717, 1.165) is 18.2 Å². The van der Waals surface area contributed by atoms with E-state index >= 15 is 0 Å². The smallest absolute Gasteiger partial charge is 0.314 e. The molecule has 0 aromatic heterocycles. The zero-order valence-electron chi connectivity index (χ0n) is 9.30. The third-order valence-electron chi connectivity index (χ3n) is 3.40. The fourth-order valence-corrected chi connectivity index (χ4v) is 2.66. The molecule has 0 saturated heterocycles. The van der Waals surface area contributed by atoms with Crippen molar-refractivity contribution in [3.05, 3.63) is 29.3 Å². The van der Waals surface area contributed by atoms with Crippen molar-refractivity contribution in [3.63, 3.8) is 0 Å². The van der Waals surface area contributed by atoms with Gasteiger partial charge in [0, 0.05) is 10.5 Å². The van der Waals surface area contributed by atoms with Gasteiger partial charge in [0.1, 0.15) is 0 Å². The Bertz CT molecular complexity index is 470. The molecule has 0 bridgehead atoms. The summed E-state index contributed by atoms with van der Waals surface area (Å²) in [5.41, 5.74) is -1.24. The molecular weight excluding hydrogens is 246 g/mol. The van der Waals surface area contributed by atoms with E-state index in [9.17, 15) is 18.7 Å². The summed E-state index contributed by atoms with van der Waals surface area (Å²) in [6.45, 7) is 0. The molecule has 0 amide bonds. The van der Waals surface area contributed by atoms with Gasteiger partial charge in [-0.15, -0.1) is 11.8 Å². The Kier molecular flexibility index (Phi) is 3.12. The molecule has 1 N–H and O–H groups in total. The zero-order chi connectivity index (χ0) is 12.6. The lowest BCUT2D eigenvalue weighted by atomic mass is 9.64. The standard InChI is InChI=1S/C12H12F2O2S/c1-17-8-4-3-7(9(13)10(8)14)12(11(15)16)5-2-6-12/h3-4H,2,5-6H2,1H3,(H,15,16). The van der Waals surface area contributed by atoms with Gasteiger partial charge in [0.15, 0.2) is 11.6 Å². The molecule has 17 heavy (non-hydrogen) atoms. The maximum Gasteiger partial charge on any atom is 0.314 e. The molecule has 1 saturated carbocycles. The van der Waals surface area contributed by atoms with Crippen LogP contribution in [0.4, 0.5) is 8.78 Å². The largest absolute Gasteiger partial charge is 0.481 e. The average molecular weight is 258 g/mol. The van der Waals surface area contributed by atoms with Crippen LogP contribution in [0.5, 0.6) is 0 Å². The summed E-state index contributed by atoms with van der Waals surface area (Å²) >= 11 is 1.10. The maximum atomic E-state index is 13.9. The Hall–Kier alpha value is -1.10. The van der Waals surface area contributed by atoms with Gasteiger partial charge >= 0.3 is 5.97 Å². The minimum atomic E-state index is -1.22. The van der Waals surface area contributed by atoms with Crippen molar-refractivity contribution in [2.24, 2.45) is 0 Å². The van der Waals surface area contributed by atoms with Crippen LogP contribution in [0.15, 0.2) is 17.0 Å². The molecule has 1 aliphatic carbocycles. The fraction of sp³-hybridized carbons (Fsp3) is 0.417. The van der Waals surface area contributed by atoms with E-state index in [1.165, 1.54) is 12.1 Å². The molecule has 0 heterocycles. The molecule has 2 rings (SSSR count). The van der Waals surface area contributed by atoms with Gasteiger partial charge in [-0.05, 0) is 25.2 Å². The van der Waals surface area contributed by atoms with Gasteiger partial charge in [-0.2, -0.15) is 0 Å². The van der Waals surface area contributed by atoms with E-state index in [0.29, 0.717) is 12.8 Å². The number of carbonyl (C=O) groups is 1. The lowest BCUT2D eigenvalue weighted by Crippen LogP contribution is -2.43. The Balaban J connectivity index is 2.53. The molecule has 2 nitrogen and oxygen atoms in total. The first-order valence-corrected chi connectivity index (χ1v) is 6.51. The van der Waals surface area contributed by atoms with Crippen molar-refractivity contribution < 1.29 is 18.7 Å². The van der Waals surface area contributed by atoms with E-state index in [1.807, 2.05) is 0 Å². The lowest BCUT2D eigenvalue weighted by molar-refractivity contribution is -0.147. The number of carboxylic acids is 1. The normalized spacial score (nSPS) is 17.6. The highest BCUT2D eigenvalue weighted by molar-refractivity contribution is 7.98. The molecule has 0 unspecified atom stereocenters. The van der Waals surface area contributed by atoms with Crippen molar-refractivity contribution in [3.8, 4) is 0 Å². The third kappa shape index (κ3) is 1.73. The van der Waals surface area contributed by atoms with Crippen molar-refractivity contribution in [2.75, 3.05) is 6.26 Å². The van der Waals surface area contributed by atoms with Crippen molar-refractivity contribution in [1.29, 1.82) is 0 Å². The van der Waals surface area contributed by atoms with Gasteiger partial charge in [0.25, 0.3) is 0 Å². The molecule has 1 aromatic rings. The second-order valence-corrected chi connectivity index (χ2v) is 5.03. The first-order valence-electron chi connectivity index (χ1n) is 5.29. The second-order valence-electron chi connectivity index (χ2n) is 4.18. The monoisotopic (exact) mass is 258 g/mol. The Morgan fingerprint density at radius 3 is 2.41 bits per heavy atom. The predicted molar refractivity (Wildman–Crippen MR) is 61.3 cm³/mol. The van der Waals surface area contributed by atoms with Crippen LogP contribution in [0.25, 0.3) is 0 Å². The fourth-order valence-electron chi connectivity index (χ4n) is 2.19. The highest BCUT2D eigenvalue weighted by Crippen LogP contribution is 2.45. The summed E-state index contributed by atoms with van der Waals surface area (Å²) in [6.07, 6.45) is 3.13. The Morgan fingerprint density at radius 1 is 1.35 bits per heavy atom. The molecule has 92 valence electrons. The molecule has 1 aromatic carbocycles. The minimum Gasteiger partial charge on any atom is -0.481 e. The maximum absolute atomic E-state index is 13.9. The van der Waals surface area contributed by atoms with Gasteiger partial charge in [0.05, 0.1) is 5.41 Å². The number of benzene rings is 1. The molecule has 0 aliphatic heterocycles. The summed E-state index contributed by atoms with van der Waals surface area (Å²) in [5.74, 6) is -3.03. The summed E-state index contributed by atoms with van der Waals surface area (Å²) in [5, 5.41) is 9.18. The molecule has 1 fully saturated rings. The van der Waals surface area contributed by atoms with E-state index < -0.39 is 23.0 Å². The first-order chi connectivity index (χ1) is 8.03. The van der Waals surface area contributed by atoms with Gasteiger partial charge in [-0.3, -0.25) is 4.79 Å². The van der Waals surface area contributed by atoms with E-state index in [2.05, 4.69) is 0 Å². The third-order valence-corrected chi connectivity index (χ3v) is 4.15. The van der Waals surface area contributed by atoms with Crippen molar-refractivity contribution >= 4 is 17.7 Å². The van der Waals surface area contributed by atoms with Crippen LogP contribution in [-0.4, -0.2) is 17.3 Å². The van der Waals surface area contributed by atoms with Gasteiger partial charge in [0.2, 0.25) is 0 Å². The predicted octanol–water partition coefficient (Wildman–Crippen LogP) is 3.19. The van der Waals surface area contributed by atoms with Crippen molar-refractivity contribution in [2.45, 2.75) is 29.6 Å². The summed E-state index contributed by atoms with van der Waals surface area (Å²) < 4.78 is 27.5. The highest BCUT2D eigenvalue weighted by atomic mass is 32.2. The van der Waals surface area contributed by atoms with Crippen LogP contribution in [-0.2, 0) is 10.2 Å². The van der Waals surface area contributed by atoms with Crippen LogP contribution in [0.2, 0.25) is 0 Å². The summed E-state index contributed by atoms with van der Waals surface area (Å²) in [7, 11) is 0. The van der Waals surface area contributed by atoms with Crippen LogP contribution in [0.1, 0.15) is 24.8 Å². The number of carboxylic acid groups (broad SMARTS) is 1. The van der Waals surface area contributed by atoms with E-state index in [-0.39, 0.29) is 10.5 Å². The SMILES string of the molecule is CSc1ccc(C2(C(=O)O)CCC2)c(F)c1F. The van der Waals surface area contributed by atoms with Gasteiger partial charge in [-0.25, -0.2) is 8.78 Å². The summed E-state index contributed by atoms with van der Waals surface area (Å²) in [4.78, 5) is 11.4. The van der Waals surface area contributed by atoms with Crippen LogP contribution < -0.4 is 0 Å². The lowest BCUT2D eigenvalue weighted by Gasteiger charge is -2.38. The van der Waals surface area contributed by atoms with Crippen LogP contribution in [0, 0.1) is 11.6 Å². The molecule has 0 atom stereocenters. The topological polar surface area (TPSA) is 37.3 Å². The summed E-state index contributed by atoms with van der Waals surface area (Å²) in [6, 6.07) is 2.85. The molecular formula is C12H12F2O2S. The van der Waals surface area contributed by atoms with E-state index in [4.69, 9.17) is 0 Å². The Labute approximate surface area is 102 Å². The molecule has 1 aliphatic rings. The number of hydrogen-bond acceptors (Lipinski definition) is 2. The molecule has 0 radical (unpaired) electrons. The number of thioether (sulfide) groups is 1. The average Bonchev–Trinajstić information content (AvgIpc) is 2.22. The van der Waals surface area contributed by atoms with Crippen LogP contribution in [0.3, 0.4) is 0 Å². The number of rotatable bonds is 3. The zero-order valence-corrected chi connectivity index (χ0v) is 10.1. The number of halogens is 2. The molecule has 0 spiro atoms. The van der Waals surface area contributed by atoms with Crippen molar-refractivity contribution in [1.82, 2.24) is 0 Å². The Morgan fingerprint density at radius 2 is 2.00 bits per heavy atom. The first kappa shape index (κ1) is 12.4. The van der Waals surface area contributed by atoms with Gasteiger partial charge < -0.3 is 5.11 Å². The van der Waals surface area contributed by atoms with Crippen LogP contribution >= 0.6 is 11.8 Å². The number of aliphatic carboxylic acids is 1. The minimum absolute atomic E-state index is 0.0217. The number of hydrogen-bond donors (Lipinski definition) is 1. The van der Waals surface area contributed by atoms with Gasteiger partial charge in [-0.1, -0.05) is 12.5 Å². The second kappa shape index (κ2) is 4.29.